The van der Waals surface area contributed by atoms with Crippen LogP contribution in [0.25, 0.3) is 10.8 Å². The predicted molar refractivity (Wildman–Crippen MR) is 102 cm³/mol. The third-order valence-electron chi connectivity index (χ3n) is 4.36. The molecular weight excluding hydrogens is 326 g/mol. The lowest BCUT2D eigenvalue weighted by atomic mass is 10.0. The number of carbonyl (C=O) groups excluding carboxylic acids is 2. The number of ether oxygens (including phenoxy) is 1. The van der Waals surface area contributed by atoms with Crippen LogP contribution >= 0.6 is 0 Å². The predicted octanol–water partition coefficient (Wildman–Crippen LogP) is 3.66. The van der Waals surface area contributed by atoms with E-state index in [4.69, 9.17) is 4.74 Å². The molecule has 1 N–H and O–H groups in total. The number of methoxy groups -OCH3 is 1. The molecule has 0 saturated carbocycles. The Labute approximate surface area is 152 Å². The highest BCUT2D eigenvalue weighted by Crippen LogP contribution is 2.16. The Kier molecular flexibility index (Phi) is 5.32. The van der Waals surface area contributed by atoms with Gasteiger partial charge in [-0.25, -0.2) is 4.79 Å². The van der Waals surface area contributed by atoms with E-state index in [1.54, 1.807) is 6.07 Å². The normalized spacial score (nSPS) is 11.8. The van der Waals surface area contributed by atoms with Crippen LogP contribution in [0.15, 0.2) is 66.7 Å². The SMILES string of the molecule is COC(=O)[C@@H](Cc1ccc(C)cc1)NC(=O)c1ccc2ccccc2c1. The van der Waals surface area contributed by atoms with Gasteiger partial charge in [-0.2, -0.15) is 0 Å². The number of amides is 1. The molecule has 0 unspecified atom stereocenters. The van der Waals surface area contributed by atoms with Gasteiger partial charge < -0.3 is 10.1 Å². The molecule has 4 nitrogen and oxygen atoms in total. The second-order valence-electron chi connectivity index (χ2n) is 6.30. The van der Waals surface area contributed by atoms with Crippen LogP contribution in [0.5, 0.6) is 0 Å². The molecule has 0 fully saturated rings. The van der Waals surface area contributed by atoms with Gasteiger partial charge in [-0.3, -0.25) is 4.79 Å². The Morgan fingerprint density at radius 1 is 0.962 bits per heavy atom. The van der Waals surface area contributed by atoms with Crippen LogP contribution < -0.4 is 5.32 Å². The third-order valence-corrected chi connectivity index (χ3v) is 4.36. The average Bonchev–Trinajstić information content (AvgIpc) is 2.68. The number of hydrogen-bond acceptors (Lipinski definition) is 3. The molecule has 132 valence electrons. The number of esters is 1. The number of hydrogen-bond donors (Lipinski definition) is 1. The molecule has 0 bridgehead atoms. The lowest BCUT2D eigenvalue weighted by molar-refractivity contribution is -0.142. The smallest absolute Gasteiger partial charge is 0.328 e. The minimum atomic E-state index is -0.735. The Balaban J connectivity index is 1.79. The molecule has 3 rings (SSSR count). The second-order valence-corrected chi connectivity index (χ2v) is 6.30. The monoisotopic (exact) mass is 347 g/mol. The number of aryl methyl sites for hydroxylation is 1. The number of nitrogens with one attached hydrogen (secondary N) is 1. The van der Waals surface area contributed by atoms with Gasteiger partial charge in [0.15, 0.2) is 0 Å². The van der Waals surface area contributed by atoms with E-state index in [0.717, 1.165) is 21.9 Å². The molecule has 4 heteroatoms. The quantitative estimate of drug-likeness (QED) is 0.717. The van der Waals surface area contributed by atoms with Crippen molar-refractivity contribution >= 4 is 22.6 Å². The van der Waals surface area contributed by atoms with Gasteiger partial charge in [0.2, 0.25) is 0 Å². The van der Waals surface area contributed by atoms with E-state index in [1.807, 2.05) is 67.6 Å². The fourth-order valence-corrected chi connectivity index (χ4v) is 2.87. The summed E-state index contributed by atoms with van der Waals surface area (Å²) in [6, 6.07) is 20.4. The molecule has 26 heavy (non-hydrogen) atoms. The van der Waals surface area contributed by atoms with Crippen LogP contribution in [0.2, 0.25) is 0 Å². The lowest BCUT2D eigenvalue weighted by Gasteiger charge is -2.17. The number of benzene rings is 3. The van der Waals surface area contributed by atoms with Crippen molar-refractivity contribution in [2.45, 2.75) is 19.4 Å². The summed E-state index contributed by atoms with van der Waals surface area (Å²) in [4.78, 5) is 24.8. The van der Waals surface area contributed by atoms with E-state index in [-0.39, 0.29) is 5.91 Å². The fourth-order valence-electron chi connectivity index (χ4n) is 2.87. The molecule has 0 aliphatic rings. The number of carbonyl (C=O) groups is 2. The molecule has 0 aromatic heterocycles. The number of rotatable bonds is 5. The van der Waals surface area contributed by atoms with E-state index in [9.17, 15) is 9.59 Å². The fraction of sp³-hybridized carbons (Fsp3) is 0.182. The maximum Gasteiger partial charge on any atom is 0.328 e. The van der Waals surface area contributed by atoms with Crippen molar-refractivity contribution in [3.63, 3.8) is 0 Å². The largest absolute Gasteiger partial charge is 0.467 e. The molecule has 3 aromatic carbocycles. The molecule has 1 amide bonds. The summed E-state index contributed by atoms with van der Waals surface area (Å²) in [5, 5.41) is 4.84. The van der Waals surface area contributed by atoms with Crippen LogP contribution in [0.4, 0.5) is 0 Å². The van der Waals surface area contributed by atoms with Crippen molar-refractivity contribution in [1.29, 1.82) is 0 Å². The van der Waals surface area contributed by atoms with E-state index in [1.165, 1.54) is 7.11 Å². The van der Waals surface area contributed by atoms with Crippen LogP contribution in [0.3, 0.4) is 0 Å². The molecule has 3 aromatic rings. The van der Waals surface area contributed by atoms with Gasteiger partial charge >= 0.3 is 5.97 Å². The van der Waals surface area contributed by atoms with Crippen molar-refractivity contribution in [3.05, 3.63) is 83.4 Å². The summed E-state index contributed by atoms with van der Waals surface area (Å²) in [5.74, 6) is -0.752. The van der Waals surface area contributed by atoms with Crippen molar-refractivity contribution in [2.24, 2.45) is 0 Å². The zero-order valence-electron chi connectivity index (χ0n) is 14.9. The second kappa shape index (κ2) is 7.83. The minimum Gasteiger partial charge on any atom is -0.467 e. The summed E-state index contributed by atoms with van der Waals surface area (Å²) in [6.07, 6.45) is 0.381. The highest BCUT2D eigenvalue weighted by Gasteiger charge is 2.22. The van der Waals surface area contributed by atoms with Gasteiger partial charge in [0, 0.05) is 12.0 Å². The standard InChI is InChI=1S/C22H21NO3/c1-15-7-9-16(10-8-15)13-20(22(25)26-2)23-21(24)19-12-11-17-5-3-4-6-18(17)14-19/h3-12,14,20H,13H2,1-2H3,(H,23,24)/t20-/m1/s1. The Morgan fingerprint density at radius 3 is 2.35 bits per heavy atom. The van der Waals surface area contributed by atoms with Crippen molar-refractivity contribution in [2.75, 3.05) is 7.11 Å². The maximum absolute atomic E-state index is 12.6. The molecule has 0 heterocycles. The third kappa shape index (κ3) is 4.09. The van der Waals surface area contributed by atoms with Crippen LogP contribution in [-0.2, 0) is 16.0 Å². The van der Waals surface area contributed by atoms with Crippen LogP contribution in [0, 0.1) is 6.92 Å². The maximum atomic E-state index is 12.6. The molecule has 0 saturated heterocycles. The Bertz CT molecular complexity index is 932. The van der Waals surface area contributed by atoms with Crippen molar-refractivity contribution in [1.82, 2.24) is 5.32 Å². The first-order valence-corrected chi connectivity index (χ1v) is 8.50. The van der Waals surface area contributed by atoms with Crippen LogP contribution in [-0.4, -0.2) is 25.0 Å². The highest BCUT2D eigenvalue weighted by atomic mass is 16.5. The molecule has 0 radical (unpaired) electrons. The van der Waals surface area contributed by atoms with Gasteiger partial charge in [-0.1, -0.05) is 60.2 Å². The van der Waals surface area contributed by atoms with E-state index in [2.05, 4.69) is 5.32 Å². The van der Waals surface area contributed by atoms with Gasteiger partial charge in [0.1, 0.15) is 6.04 Å². The minimum absolute atomic E-state index is 0.293. The van der Waals surface area contributed by atoms with E-state index >= 15 is 0 Å². The first kappa shape index (κ1) is 17.7. The first-order valence-electron chi connectivity index (χ1n) is 8.50. The summed E-state index contributed by atoms with van der Waals surface area (Å²) in [6.45, 7) is 2.00. The van der Waals surface area contributed by atoms with Gasteiger partial charge in [-0.15, -0.1) is 0 Å². The van der Waals surface area contributed by atoms with Gasteiger partial charge in [-0.05, 0) is 35.4 Å². The van der Waals surface area contributed by atoms with Gasteiger partial charge in [0.25, 0.3) is 5.91 Å². The van der Waals surface area contributed by atoms with Crippen molar-refractivity contribution < 1.29 is 14.3 Å². The molecular formula is C22H21NO3. The summed E-state index contributed by atoms with van der Waals surface area (Å²) in [7, 11) is 1.33. The van der Waals surface area contributed by atoms with E-state index in [0.29, 0.717) is 12.0 Å². The highest BCUT2D eigenvalue weighted by molar-refractivity contribution is 6.00. The Hall–Kier alpha value is -3.14. The van der Waals surface area contributed by atoms with Gasteiger partial charge in [0.05, 0.1) is 7.11 Å². The molecule has 1 atom stereocenters. The van der Waals surface area contributed by atoms with Crippen molar-refractivity contribution in [3.8, 4) is 0 Å². The zero-order valence-corrected chi connectivity index (χ0v) is 14.9. The Morgan fingerprint density at radius 2 is 1.65 bits per heavy atom. The summed E-state index contributed by atoms with van der Waals surface area (Å²) >= 11 is 0. The zero-order chi connectivity index (χ0) is 18.5. The summed E-state index contributed by atoms with van der Waals surface area (Å²) in [5.41, 5.74) is 2.62. The average molecular weight is 347 g/mol. The topological polar surface area (TPSA) is 55.4 Å². The van der Waals surface area contributed by atoms with Crippen LogP contribution in [0.1, 0.15) is 21.5 Å². The molecule has 0 aliphatic carbocycles. The summed E-state index contributed by atoms with van der Waals surface area (Å²) < 4.78 is 4.86. The molecule has 0 aliphatic heterocycles. The lowest BCUT2D eigenvalue weighted by Crippen LogP contribution is -2.43. The van der Waals surface area contributed by atoms with E-state index < -0.39 is 12.0 Å². The molecule has 0 spiro atoms. The number of fused-ring (bicyclic) bond motifs is 1. The first-order chi connectivity index (χ1) is 12.6.